The standard InChI is InChI=1S/C26H37N5O5/c1-15(2)13-20-26(36)31-12-8-11-21(31)25(35)28-16(3)22(32)27-17(4)23(33)29-19(24(34)30-20)14-18-9-6-5-7-10-18/h5-7,9-10,15-17,19-21H,8,11-14H2,1-4H3,(H,27,32)(H,28,35)(H,29,33)(H,30,34)/t16-,17-,19-,20-,21-/m0/s1. The quantitative estimate of drug-likeness (QED) is 0.471. The average Bonchev–Trinajstić information content (AvgIpc) is 3.32. The summed E-state index contributed by atoms with van der Waals surface area (Å²) in [7, 11) is 0. The van der Waals surface area contributed by atoms with Gasteiger partial charge in [0.1, 0.15) is 30.2 Å². The molecular weight excluding hydrogens is 462 g/mol. The van der Waals surface area contributed by atoms with Crippen molar-refractivity contribution < 1.29 is 24.0 Å². The number of benzene rings is 1. The van der Waals surface area contributed by atoms with E-state index in [1.807, 2.05) is 44.2 Å². The highest BCUT2D eigenvalue weighted by molar-refractivity contribution is 5.98. The van der Waals surface area contributed by atoms with Crippen molar-refractivity contribution in [2.75, 3.05) is 6.54 Å². The van der Waals surface area contributed by atoms with Gasteiger partial charge in [-0.25, -0.2) is 0 Å². The van der Waals surface area contributed by atoms with Crippen molar-refractivity contribution in [3.05, 3.63) is 35.9 Å². The predicted octanol–water partition coefficient (Wildman–Crippen LogP) is 0.259. The molecule has 36 heavy (non-hydrogen) atoms. The highest BCUT2D eigenvalue weighted by Gasteiger charge is 2.39. The summed E-state index contributed by atoms with van der Waals surface area (Å²) in [4.78, 5) is 67.1. The third-order valence-electron chi connectivity index (χ3n) is 6.58. The first-order valence-electron chi connectivity index (χ1n) is 12.6. The van der Waals surface area contributed by atoms with Crippen molar-refractivity contribution in [2.45, 2.75) is 83.6 Å². The maximum atomic E-state index is 13.6. The van der Waals surface area contributed by atoms with Gasteiger partial charge in [0, 0.05) is 13.0 Å². The smallest absolute Gasteiger partial charge is 0.245 e. The number of carbonyl (C=O) groups excluding carboxylic acids is 5. The Balaban J connectivity index is 1.96. The number of carbonyl (C=O) groups is 5. The zero-order valence-corrected chi connectivity index (χ0v) is 21.4. The first-order valence-corrected chi connectivity index (χ1v) is 12.6. The number of fused-ring (bicyclic) bond motifs is 1. The molecule has 5 atom stereocenters. The number of rotatable bonds is 4. The summed E-state index contributed by atoms with van der Waals surface area (Å²) in [5.74, 6) is -2.22. The van der Waals surface area contributed by atoms with Crippen LogP contribution in [0, 0.1) is 5.92 Å². The van der Waals surface area contributed by atoms with E-state index >= 15 is 0 Å². The van der Waals surface area contributed by atoms with Gasteiger partial charge in [-0.1, -0.05) is 44.2 Å². The fraction of sp³-hybridized carbons (Fsp3) is 0.577. The summed E-state index contributed by atoms with van der Waals surface area (Å²) in [6.45, 7) is 7.34. The molecule has 2 heterocycles. The van der Waals surface area contributed by atoms with Crippen LogP contribution in [0.4, 0.5) is 0 Å². The van der Waals surface area contributed by atoms with Gasteiger partial charge in [-0.3, -0.25) is 24.0 Å². The van der Waals surface area contributed by atoms with Crippen molar-refractivity contribution in [1.82, 2.24) is 26.2 Å². The highest BCUT2D eigenvalue weighted by Crippen LogP contribution is 2.21. The second kappa shape index (κ2) is 12.0. The Bertz CT molecular complexity index is 982. The fourth-order valence-electron chi connectivity index (χ4n) is 4.60. The van der Waals surface area contributed by atoms with Gasteiger partial charge in [0.25, 0.3) is 0 Å². The van der Waals surface area contributed by atoms with E-state index < -0.39 is 53.8 Å². The molecule has 2 saturated heterocycles. The van der Waals surface area contributed by atoms with Gasteiger partial charge in [-0.2, -0.15) is 0 Å². The maximum Gasteiger partial charge on any atom is 0.245 e. The molecule has 0 spiro atoms. The summed E-state index contributed by atoms with van der Waals surface area (Å²) < 4.78 is 0. The lowest BCUT2D eigenvalue weighted by molar-refractivity contribution is -0.142. The van der Waals surface area contributed by atoms with Crippen LogP contribution in [0.5, 0.6) is 0 Å². The molecule has 196 valence electrons. The summed E-state index contributed by atoms with van der Waals surface area (Å²) >= 11 is 0. The van der Waals surface area contributed by atoms with Crippen LogP contribution >= 0.6 is 0 Å². The maximum absolute atomic E-state index is 13.6. The van der Waals surface area contributed by atoms with Gasteiger partial charge >= 0.3 is 0 Å². The molecule has 5 amide bonds. The molecule has 10 nitrogen and oxygen atoms in total. The summed E-state index contributed by atoms with van der Waals surface area (Å²) in [6.07, 6.45) is 1.72. The second-order valence-corrected chi connectivity index (χ2v) is 10.1. The largest absolute Gasteiger partial charge is 0.343 e. The van der Waals surface area contributed by atoms with Gasteiger partial charge in [-0.15, -0.1) is 0 Å². The van der Waals surface area contributed by atoms with Gasteiger partial charge in [0.05, 0.1) is 0 Å². The van der Waals surface area contributed by atoms with E-state index in [2.05, 4.69) is 21.3 Å². The molecule has 0 unspecified atom stereocenters. The first-order chi connectivity index (χ1) is 17.1. The van der Waals surface area contributed by atoms with Gasteiger partial charge in [-0.05, 0) is 44.6 Å². The topological polar surface area (TPSA) is 137 Å². The van der Waals surface area contributed by atoms with E-state index in [1.165, 1.54) is 18.7 Å². The molecule has 10 heteroatoms. The van der Waals surface area contributed by atoms with Gasteiger partial charge in [0.15, 0.2) is 0 Å². The average molecular weight is 500 g/mol. The molecule has 1 aromatic carbocycles. The van der Waals surface area contributed by atoms with Gasteiger partial charge < -0.3 is 26.2 Å². The van der Waals surface area contributed by atoms with Crippen LogP contribution in [0.25, 0.3) is 0 Å². The van der Waals surface area contributed by atoms with Crippen LogP contribution in [0.2, 0.25) is 0 Å². The van der Waals surface area contributed by atoms with Gasteiger partial charge in [0.2, 0.25) is 29.5 Å². The van der Waals surface area contributed by atoms with Crippen LogP contribution in [0.15, 0.2) is 30.3 Å². The molecule has 0 saturated carbocycles. The Kier molecular flexibility index (Phi) is 9.06. The predicted molar refractivity (Wildman–Crippen MR) is 133 cm³/mol. The van der Waals surface area contributed by atoms with E-state index in [0.29, 0.717) is 25.8 Å². The van der Waals surface area contributed by atoms with Crippen molar-refractivity contribution >= 4 is 29.5 Å². The summed E-state index contributed by atoms with van der Waals surface area (Å²) in [5, 5.41) is 10.9. The number of amides is 5. The normalized spacial score (nSPS) is 28.4. The van der Waals surface area contributed by atoms with Crippen LogP contribution in [-0.2, 0) is 30.4 Å². The van der Waals surface area contributed by atoms with Crippen LogP contribution in [0.1, 0.15) is 52.5 Å². The zero-order chi connectivity index (χ0) is 26.4. The molecule has 3 rings (SSSR count). The third kappa shape index (κ3) is 6.83. The van der Waals surface area contributed by atoms with E-state index in [9.17, 15) is 24.0 Å². The number of nitrogens with one attached hydrogen (secondary N) is 4. The Hall–Kier alpha value is -3.43. The Morgan fingerprint density at radius 1 is 0.806 bits per heavy atom. The zero-order valence-electron chi connectivity index (χ0n) is 21.4. The first kappa shape index (κ1) is 27.2. The molecule has 4 N–H and O–H groups in total. The minimum absolute atomic E-state index is 0.0974. The fourth-order valence-corrected chi connectivity index (χ4v) is 4.60. The van der Waals surface area contributed by atoms with Crippen molar-refractivity contribution in [3.63, 3.8) is 0 Å². The minimum Gasteiger partial charge on any atom is -0.343 e. The lowest BCUT2D eigenvalue weighted by Crippen LogP contribution is -2.58. The van der Waals surface area contributed by atoms with Crippen LogP contribution in [0.3, 0.4) is 0 Å². The lowest BCUT2D eigenvalue weighted by Gasteiger charge is -2.30. The number of hydrogen-bond donors (Lipinski definition) is 4. The van der Waals surface area contributed by atoms with E-state index in [1.54, 1.807) is 0 Å². The highest BCUT2D eigenvalue weighted by atomic mass is 16.2. The molecule has 2 aliphatic rings. The number of hydrogen-bond acceptors (Lipinski definition) is 5. The van der Waals surface area contributed by atoms with E-state index in [4.69, 9.17) is 0 Å². The van der Waals surface area contributed by atoms with Crippen molar-refractivity contribution in [2.24, 2.45) is 5.92 Å². The van der Waals surface area contributed by atoms with E-state index in [0.717, 1.165) is 5.56 Å². The second-order valence-electron chi connectivity index (χ2n) is 10.1. The molecule has 2 aliphatic heterocycles. The molecular formula is C26H37N5O5. The summed E-state index contributed by atoms with van der Waals surface area (Å²) in [5.41, 5.74) is 0.835. The van der Waals surface area contributed by atoms with Crippen molar-refractivity contribution in [3.8, 4) is 0 Å². The van der Waals surface area contributed by atoms with E-state index in [-0.39, 0.29) is 18.2 Å². The monoisotopic (exact) mass is 499 g/mol. The molecule has 1 aromatic rings. The molecule has 0 aromatic heterocycles. The number of nitrogens with zero attached hydrogens (tertiary/aromatic N) is 1. The Morgan fingerprint density at radius 3 is 2.03 bits per heavy atom. The molecule has 0 aliphatic carbocycles. The Morgan fingerprint density at radius 2 is 1.39 bits per heavy atom. The third-order valence-corrected chi connectivity index (χ3v) is 6.58. The minimum atomic E-state index is -0.960. The molecule has 2 fully saturated rings. The summed E-state index contributed by atoms with van der Waals surface area (Å²) in [6, 6.07) is 4.88. The van der Waals surface area contributed by atoms with Crippen molar-refractivity contribution in [1.29, 1.82) is 0 Å². The molecule has 0 bridgehead atoms. The molecule has 0 radical (unpaired) electrons. The van der Waals surface area contributed by atoms with Crippen LogP contribution < -0.4 is 21.3 Å². The SMILES string of the molecule is CC(C)C[C@@H]1NC(=O)[C@H](Cc2ccccc2)NC(=O)[C@H](C)NC(=O)[C@H](C)NC(=O)[C@@H]2CCCN2C1=O. The lowest BCUT2D eigenvalue weighted by atomic mass is 10.00. The van der Waals surface area contributed by atoms with Crippen LogP contribution in [-0.4, -0.2) is 71.2 Å². The Labute approximate surface area is 211 Å².